The van der Waals surface area contributed by atoms with E-state index in [1.54, 1.807) is 0 Å². The number of ether oxygens (including phenoxy) is 2. The van der Waals surface area contributed by atoms with Gasteiger partial charge in [0.1, 0.15) is 5.41 Å². The summed E-state index contributed by atoms with van der Waals surface area (Å²) in [6, 6.07) is 12.3. The second-order valence-electron chi connectivity index (χ2n) is 4.17. The highest BCUT2D eigenvalue weighted by molar-refractivity contribution is 5.13. The molecule has 0 radical (unpaired) electrons. The zero-order valence-corrected chi connectivity index (χ0v) is 9.19. The molecule has 3 nitrogen and oxygen atoms in total. The Morgan fingerprint density at radius 1 is 1.38 bits per heavy atom. The second-order valence-corrected chi connectivity index (χ2v) is 4.17. The Bertz CT molecular complexity index is 363. The van der Waals surface area contributed by atoms with Crippen LogP contribution in [0.5, 0.6) is 0 Å². The van der Waals surface area contributed by atoms with Crippen LogP contribution in [0, 0.1) is 16.7 Å². The summed E-state index contributed by atoms with van der Waals surface area (Å²) in [7, 11) is 0. The number of hydrogen-bond donors (Lipinski definition) is 0. The Balaban J connectivity index is 1.82. The molecule has 1 unspecified atom stereocenters. The van der Waals surface area contributed by atoms with Gasteiger partial charge in [0.15, 0.2) is 0 Å². The second kappa shape index (κ2) is 5.11. The molecule has 1 saturated heterocycles. The molecule has 0 N–H and O–H groups in total. The van der Waals surface area contributed by atoms with Gasteiger partial charge in [-0.05, 0) is 12.0 Å². The van der Waals surface area contributed by atoms with Crippen molar-refractivity contribution in [2.24, 2.45) is 5.41 Å². The average Bonchev–Trinajstić information content (AvgIpc) is 2.80. The fraction of sp³-hybridized carbons (Fsp3) is 0.462. The summed E-state index contributed by atoms with van der Waals surface area (Å²) in [6.45, 7) is 2.18. The molecule has 1 aromatic rings. The van der Waals surface area contributed by atoms with Crippen LogP contribution in [-0.4, -0.2) is 19.8 Å². The van der Waals surface area contributed by atoms with Gasteiger partial charge >= 0.3 is 0 Å². The van der Waals surface area contributed by atoms with Crippen LogP contribution in [0.4, 0.5) is 0 Å². The maximum atomic E-state index is 9.10. The van der Waals surface area contributed by atoms with Crippen molar-refractivity contribution in [1.29, 1.82) is 5.26 Å². The number of nitrogens with zero attached hydrogens (tertiary/aromatic N) is 1. The quantitative estimate of drug-likeness (QED) is 0.776. The van der Waals surface area contributed by atoms with Gasteiger partial charge in [0.25, 0.3) is 0 Å². The van der Waals surface area contributed by atoms with Gasteiger partial charge in [-0.1, -0.05) is 30.3 Å². The molecule has 1 aliphatic heterocycles. The Kier molecular flexibility index (Phi) is 3.55. The first-order valence-electron chi connectivity index (χ1n) is 5.45. The molecule has 0 aliphatic carbocycles. The topological polar surface area (TPSA) is 42.2 Å². The maximum Gasteiger partial charge on any atom is 0.106 e. The van der Waals surface area contributed by atoms with Crippen LogP contribution in [-0.2, 0) is 16.1 Å². The summed E-state index contributed by atoms with van der Waals surface area (Å²) in [6.07, 6.45) is 0.776. The molecule has 16 heavy (non-hydrogen) atoms. The Morgan fingerprint density at radius 3 is 2.81 bits per heavy atom. The van der Waals surface area contributed by atoms with Crippen LogP contribution in [0.15, 0.2) is 30.3 Å². The predicted molar refractivity (Wildman–Crippen MR) is 59.6 cm³/mol. The first-order valence-corrected chi connectivity index (χ1v) is 5.45. The van der Waals surface area contributed by atoms with Crippen LogP contribution in [0.2, 0.25) is 0 Å². The molecular formula is C13H15NO2. The molecule has 0 saturated carbocycles. The molecule has 2 rings (SSSR count). The summed E-state index contributed by atoms with van der Waals surface area (Å²) in [4.78, 5) is 0. The third kappa shape index (κ3) is 2.60. The van der Waals surface area contributed by atoms with E-state index in [1.165, 1.54) is 0 Å². The molecular weight excluding hydrogens is 202 g/mol. The van der Waals surface area contributed by atoms with Crippen LogP contribution >= 0.6 is 0 Å². The van der Waals surface area contributed by atoms with Gasteiger partial charge in [-0.25, -0.2) is 0 Å². The molecule has 0 spiro atoms. The SMILES string of the molecule is N#CC1(COCc2ccccc2)CCOC1. The van der Waals surface area contributed by atoms with Crippen molar-refractivity contribution in [3.63, 3.8) is 0 Å². The molecule has 1 atom stereocenters. The van der Waals surface area contributed by atoms with Gasteiger partial charge in [0.2, 0.25) is 0 Å². The average molecular weight is 217 g/mol. The normalized spacial score (nSPS) is 24.2. The lowest BCUT2D eigenvalue weighted by Gasteiger charge is -2.18. The van der Waals surface area contributed by atoms with Crippen molar-refractivity contribution < 1.29 is 9.47 Å². The van der Waals surface area contributed by atoms with Crippen LogP contribution in [0.25, 0.3) is 0 Å². The van der Waals surface area contributed by atoms with Crippen LogP contribution in [0.1, 0.15) is 12.0 Å². The molecule has 1 heterocycles. The first-order chi connectivity index (χ1) is 7.85. The third-order valence-corrected chi connectivity index (χ3v) is 2.83. The van der Waals surface area contributed by atoms with Crippen molar-refractivity contribution in [2.45, 2.75) is 13.0 Å². The lowest BCUT2D eigenvalue weighted by Crippen LogP contribution is -2.25. The number of benzene rings is 1. The summed E-state index contributed by atoms with van der Waals surface area (Å²) >= 11 is 0. The Labute approximate surface area is 95.6 Å². The molecule has 1 aromatic carbocycles. The van der Waals surface area contributed by atoms with E-state index in [9.17, 15) is 0 Å². The Hall–Kier alpha value is -1.37. The van der Waals surface area contributed by atoms with Gasteiger partial charge in [-0.3, -0.25) is 0 Å². The summed E-state index contributed by atoms with van der Waals surface area (Å²) in [5, 5.41) is 9.10. The molecule has 0 amide bonds. The van der Waals surface area contributed by atoms with Crippen molar-refractivity contribution in [3.8, 4) is 6.07 Å². The Morgan fingerprint density at radius 2 is 2.19 bits per heavy atom. The molecule has 1 aliphatic rings. The van der Waals surface area contributed by atoms with E-state index in [1.807, 2.05) is 30.3 Å². The lowest BCUT2D eigenvalue weighted by molar-refractivity contribution is 0.0518. The fourth-order valence-electron chi connectivity index (χ4n) is 1.78. The number of rotatable bonds is 4. The smallest absolute Gasteiger partial charge is 0.106 e. The zero-order valence-electron chi connectivity index (χ0n) is 9.19. The van der Waals surface area contributed by atoms with Crippen molar-refractivity contribution in [1.82, 2.24) is 0 Å². The molecule has 0 aromatic heterocycles. The van der Waals surface area contributed by atoms with E-state index in [0.29, 0.717) is 26.4 Å². The van der Waals surface area contributed by atoms with Gasteiger partial charge < -0.3 is 9.47 Å². The molecule has 1 fully saturated rings. The zero-order chi connectivity index (χ0) is 11.3. The first kappa shape index (κ1) is 11.1. The highest BCUT2D eigenvalue weighted by Crippen LogP contribution is 2.28. The fourth-order valence-corrected chi connectivity index (χ4v) is 1.78. The van der Waals surface area contributed by atoms with Crippen LogP contribution < -0.4 is 0 Å². The molecule has 3 heteroatoms. The minimum atomic E-state index is -0.422. The lowest BCUT2D eigenvalue weighted by atomic mass is 9.90. The van der Waals surface area contributed by atoms with Gasteiger partial charge in [0, 0.05) is 6.61 Å². The third-order valence-electron chi connectivity index (χ3n) is 2.83. The highest BCUT2D eigenvalue weighted by atomic mass is 16.5. The van der Waals surface area contributed by atoms with E-state index >= 15 is 0 Å². The standard InChI is InChI=1S/C13H15NO2/c14-9-13(6-7-15-10-13)11-16-8-12-4-2-1-3-5-12/h1-5H,6-8,10-11H2. The van der Waals surface area contributed by atoms with Gasteiger partial charge in [0.05, 0.1) is 25.9 Å². The van der Waals surface area contributed by atoms with Crippen LogP contribution in [0.3, 0.4) is 0 Å². The van der Waals surface area contributed by atoms with E-state index < -0.39 is 5.41 Å². The van der Waals surface area contributed by atoms with Gasteiger partial charge in [-0.15, -0.1) is 0 Å². The van der Waals surface area contributed by atoms with Gasteiger partial charge in [-0.2, -0.15) is 5.26 Å². The summed E-state index contributed by atoms with van der Waals surface area (Å²) in [5.74, 6) is 0. The predicted octanol–water partition coefficient (Wildman–Crippen LogP) is 2.13. The monoisotopic (exact) mass is 217 g/mol. The van der Waals surface area contributed by atoms with E-state index in [-0.39, 0.29) is 0 Å². The minimum Gasteiger partial charge on any atom is -0.380 e. The van der Waals surface area contributed by atoms with Crippen molar-refractivity contribution in [2.75, 3.05) is 19.8 Å². The van der Waals surface area contributed by atoms with E-state index in [0.717, 1.165) is 12.0 Å². The van der Waals surface area contributed by atoms with Crippen molar-refractivity contribution >= 4 is 0 Å². The molecule has 84 valence electrons. The largest absolute Gasteiger partial charge is 0.380 e. The van der Waals surface area contributed by atoms with Crippen molar-refractivity contribution in [3.05, 3.63) is 35.9 Å². The number of nitriles is 1. The highest BCUT2D eigenvalue weighted by Gasteiger charge is 2.35. The maximum absolute atomic E-state index is 9.10. The minimum absolute atomic E-state index is 0.422. The summed E-state index contributed by atoms with van der Waals surface area (Å²) in [5.41, 5.74) is 0.712. The van der Waals surface area contributed by atoms with E-state index in [2.05, 4.69) is 6.07 Å². The molecule has 0 bridgehead atoms. The number of hydrogen-bond acceptors (Lipinski definition) is 3. The summed E-state index contributed by atoms with van der Waals surface area (Å²) < 4.78 is 10.8. The van der Waals surface area contributed by atoms with E-state index in [4.69, 9.17) is 14.7 Å².